The number of rotatable bonds is 7. The number of amides is 1. The summed E-state index contributed by atoms with van der Waals surface area (Å²) in [6.07, 6.45) is 2.87. The third kappa shape index (κ3) is 5.70. The van der Waals surface area contributed by atoms with Crippen molar-refractivity contribution in [2.24, 2.45) is 5.92 Å². The maximum atomic E-state index is 13.2. The minimum atomic E-state index is -3.34. The molecule has 6 nitrogen and oxygen atoms in total. The average Bonchev–Trinajstić information content (AvgIpc) is 2.85. The summed E-state index contributed by atoms with van der Waals surface area (Å²) in [5, 5.41) is 0. The molecule has 1 amide bonds. The highest BCUT2D eigenvalue weighted by atomic mass is 32.2. The molecule has 0 aliphatic carbocycles. The zero-order valence-electron chi connectivity index (χ0n) is 18.6. The highest BCUT2D eigenvalue weighted by Crippen LogP contribution is 2.24. The molecule has 7 heteroatoms. The van der Waals surface area contributed by atoms with Crippen molar-refractivity contribution in [1.29, 1.82) is 0 Å². The fourth-order valence-corrected chi connectivity index (χ4v) is 6.29. The van der Waals surface area contributed by atoms with Gasteiger partial charge in [0.15, 0.2) is 0 Å². The van der Waals surface area contributed by atoms with Crippen molar-refractivity contribution in [3.63, 3.8) is 0 Å². The lowest BCUT2D eigenvalue weighted by Crippen LogP contribution is -2.53. The Balaban J connectivity index is 1.28. The molecule has 2 aliphatic heterocycles. The van der Waals surface area contributed by atoms with E-state index in [1.807, 2.05) is 53.4 Å². The second-order valence-electron chi connectivity index (χ2n) is 8.75. The standard InChI is InChI=1S/C25H33N3O3S/c29-25(27-18-16-26(17-19-27)24-13-5-2-6-14-24)23-12-7-15-28(21-23)32(30,31)20-8-11-22-9-3-1-4-10-22/h1-6,9-10,13-14,23H,7-8,11-12,15-21H2/t23-/m0/s1. The molecule has 1 atom stereocenters. The third-order valence-corrected chi connectivity index (χ3v) is 8.47. The van der Waals surface area contributed by atoms with Crippen LogP contribution in [0.15, 0.2) is 60.7 Å². The molecule has 2 aromatic carbocycles. The molecule has 0 spiro atoms. The van der Waals surface area contributed by atoms with Crippen molar-refractivity contribution in [2.45, 2.75) is 25.7 Å². The van der Waals surface area contributed by atoms with Crippen molar-refractivity contribution in [3.05, 3.63) is 66.2 Å². The van der Waals surface area contributed by atoms with Crippen molar-refractivity contribution in [3.8, 4) is 0 Å². The van der Waals surface area contributed by atoms with E-state index in [1.165, 1.54) is 5.69 Å². The smallest absolute Gasteiger partial charge is 0.227 e. The lowest BCUT2D eigenvalue weighted by atomic mass is 9.97. The van der Waals surface area contributed by atoms with Crippen molar-refractivity contribution < 1.29 is 13.2 Å². The van der Waals surface area contributed by atoms with Crippen LogP contribution in [0.4, 0.5) is 5.69 Å². The van der Waals surface area contributed by atoms with E-state index in [-0.39, 0.29) is 17.6 Å². The lowest BCUT2D eigenvalue weighted by molar-refractivity contribution is -0.137. The quantitative estimate of drug-likeness (QED) is 0.644. The number of nitrogens with zero attached hydrogens (tertiary/aromatic N) is 3. The van der Waals surface area contributed by atoms with Gasteiger partial charge in [-0.3, -0.25) is 4.79 Å². The van der Waals surface area contributed by atoms with Gasteiger partial charge < -0.3 is 9.80 Å². The van der Waals surface area contributed by atoms with Gasteiger partial charge in [0.2, 0.25) is 15.9 Å². The predicted octanol–water partition coefficient (Wildman–Crippen LogP) is 3.01. The number of carbonyl (C=O) groups is 1. The van der Waals surface area contributed by atoms with Crippen molar-refractivity contribution in [1.82, 2.24) is 9.21 Å². The number of hydrogen-bond acceptors (Lipinski definition) is 4. The topological polar surface area (TPSA) is 60.9 Å². The van der Waals surface area contributed by atoms with E-state index in [0.717, 1.165) is 37.9 Å². The minimum absolute atomic E-state index is 0.113. The Hall–Kier alpha value is -2.38. The highest BCUT2D eigenvalue weighted by Gasteiger charge is 2.35. The first-order valence-electron chi connectivity index (χ1n) is 11.6. The van der Waals surface area contributed by atoms with Crippen LogP contribution >= 0.6 is 0 Å². The van der Waals surface area contributed by atoms with Crippen molar-refractivity contribution >= 4 is 21.6 Å². The maximum absolute atomic E-state index is 13.2. The molecule has 0 unspecified atom stereocenters. The molecule has 32 heavy (non-hydrogen) atoms. The van der Waals surface area contributed by atoms with E-state index < -0.39 is 10.0 Å². The summed E-state index contributed by atoms with van der Waals surface area (Å²) in [4.78, 5) is 17.4. The minimum Gasteiger partial charge on any atom is -0.368 e. The van der Waals surface area contributed by atoms with Crippen LogP contribution in [0.3, 0.4) is 0 Å². The van der Waals surface area contributed by atoms with Gasteiger partial charge in [-0.05, 0) is 43.4 Å². The van der Waals surface area contributed by atoms with Crippen LogP contribution in [0.2, 0.25) is 0 Å². The fraction of sp³-hybridized carbons (Fsp3) is 0.480. The highest BCUT2D eigenvalue weighted by molar-refractivity contribution is 7.89. The van der Waals surface area contributed by atoms with Crippen LogP contribution < -0.4 is 4.90 Å². The van der Waals surface area contributed by atoms with Gasteiger partial charge in [0.1, 0.15) is 0 Å². The number of benzene rings is 2. The predicted molar refractivity (Wildman–Crippen MR) is 128 cm³/mol. The van der Waals surface area contributed by atoms with Gasteiger partial charge in [0.05, 0.1) is 11.7 Å². The van der Waals surface area contributed by atoms with Crippen LogP contribution in [0, 0.1) is 5.92 Å². The second-order valence-corrected chi connectivity index (χ2v) is 10.8. The number of piperazine rings is 1. The molecule has 0 radical (unpaired) electrons. The summed E-state index contributed by atoms with van der Waals surface area (Å²) in [5.74, 6) is 0.0243. The normalized spacial score (nSPS) is 20.3. The third-order valence-electron chi connectivity index (χ3n) is 6.55. The summed E-state index contributed by atoms with van der Waals surface area (Å²) < 4.78 is 27.4. The molecule has 2 aliphatic rings. The fourth-order valence-electron chi connectivity index (χ4n) is 4.71. The van der Waals surface area contributed by atoms with Crippen LogP contribution in [-0.4, -0.2) is 68.6 Å². The first-order chi connectivity index (χ1) is 15.5. The van der Waals surface area contributed by atoms with E-state index in [4.69, 9.17) is 0 Å². The summed E-state index contributed by atoms with van der Waals surface area (Å²) in [5.41, 5.74) is 2.34. The summed E-state index contributed by atoms with van der Waals surface area (Å²) in [6, 6.07) is 20.2. The van der Waals surface area contributed by atoms with Gasteiger partial charge in [-0.1, -0.05) is 48.5 Å². The molecule has 2 saturated heterocycles. The molecule has 0 aromatic heterocycles. The van der Waals surface area contributed by atoms with E-state index in [1.54, 1.807) is 4.31 Å². The Kier molecular flexibility index (Phi) is 7.48. The van der Waals surface area contributed by atoms with Gasteiger partial charge in [0.25, 0.3) is 0 Å². The van der Waals surface area contributed by atoms with Gasteiger partial charge in [-0.2, -0.15) is 0 Å². The van der Waals surface area contributed by atoms with E-state index in [2.05, 4.69) is 17.0 Å². The first kappa shape index (κ1) is 22.8. The Labute approximate surface area is 191 Å². The molecular weight excluding hydrogens is 422 g/mol. The molecule has 0 N–H and O–H groups in total. The Bertz CT molecular complexity index is 974. The van der Waals surface area contributed by atoms with Gasteiger partial charge >= 0.3 is 0 Å². The number of anilines is 1. The number of aryl methyl sites for hydroxylation is 1. The number of hydrogen-bond donors (Lipinski definition) is 0. The molecular formula is C25H33N3O3S. The average molecular weight is 456 g/mol. The maximum Gasteiger partial charge on any atom is 0.227 e. The van der Waals surface area contributed by atoms with E-state index in [9.17, 15) is 13.2 Å². The van der Waals surface area contributed by atoms with Crippen molar-refractivity contribution in [2.75, 3.05) is 49.9 Å². The van der Waals surface area contributed by atoms with Crippen LogP contribution in [0.25, 0.3) is 0 Å². The summed E-state index contributed by atoms with van der Waals surface area (Å²) in [6.45, 7) is 3.85. The van der Waals surface area contributed by atoms with Gasteiger partial charge in [-0.25, -0.2) is 12.7 Å². The van der Waals surface area contributed by atoms with Crippen LogP contribution in [0.5, 0.6) is 0 Å². The molecule has 2 aromatic rings. The largest absolute Gasteiger partial charge is 0.368 e. The van der Waals surface area contributed by atoms with Crippen LogP contribution in [-0.2, 0) is 21.2 Å². The Morgan fingerprint density at radius 2 is 1.53 bits per heavy atom. The molecule has 4 rings (SSSR count). The van der Waals surface area contributed by atoms with Crippen LogP contribution in [0.1, 0.15) is 24.8 Å². The molecule has 172 valence electrons. The monoisotopic (exact) mass is 455 g/mol. The van der Waals surface area contributed by atoms with E-state index in [0.29, 0.717) is 32.6 Å². The first-order valence-corrected chi connectivity index (χ1v) is 13.2. The number of sulfonamides is 1. The lowest BCUT2D eigenvalue weighted by Gasteiger charge is -2.39. The summed E-state index contributed by atoms with van der Waals surface area (Å²) in [7, 11) is -3.34. The molecule has 0 bridgehead atoms. The summed E-state index contributed by atoms with van der Waals surface area (Å²) >= 11 is 0. The Morgan fingerprint density at radius 1 is 0.875 bits per heavy atom. The molecule has 0 saturated carbocycles. The SMILES string of the molecule is O=C([C@H]1CCCN(S(=O)(=O)CCCc2ccccc2)C1)N1CCN(c2ccccc2)CC1. The number of para-hydroxylation sites is 1. The second kappa shape index (κ2) is 10.5. The number of piperidine rings is 1. The zero-order valence-corrected chi connectivity index (χ0v) is 19.4. The van der Waals surface area contributed by atoms with Gasteiger partial charge in [-0.15, -0.1) is 0 Å². The van der Waals surface area contributed by atoms with Gasteiger partial charge in [0, 0.05) is 45.0 Å². The van der Waals surface area contributed by atoms with E-state index >= 15 is 0 Å². The zero-order chi connectivity index (χ0) is 22.4. The molecule has 2 heterocycles. The number of carbonyl (C=O) groups excluding carboxylic acids is 1. The Morgan fingerprint density at radius 3 is 2.22 bits per heavy atom. The molecule has 2 fully saturated rings.